The summed E-state index contributed by atoms with van der Waals surface area (Å²) in [4.78, 5) is 38.0. The van der Waals surface area contributed by atoms with Crippen molar-refractivity contribution in [2.45, 2.75) is 0 Å². The lowest BCUT2D eigenvalue weighted by atomic mass is 10.4. The van der Waals surface area contributed by atoms with Crippen molar-refractivity contribution in [2.75, 3.05) is 5.73 Å². The molecule has 0 saturated carbocycles. The number of anilines is 1. The zero-order valence-corrected chi connectivity index (χ0v) is 10.1. The second-order valence-electron chi connectivity index (χ2n) is 3.67. The summed E-state index contributed by atoms with van der Waals surface area (Å²) >= 11 is 5.24. The van der Waals surface area contributed by atoms with Crippen molar-refractivity contribution in [1.82, 2.24) is 29.5 Å². The Balaban J connectivity index is 2.45. The Morgan fingerprint density at radius 3 is 2.84 bits per heavy atom. The molecule has 9 nitrogen and oxygen atoms in total. The molecule has 0 fully saturated rings. The number of fused-ring (bicyclic) bond motifs is 1. The lowest BCUT2D eigenvalue weighted by Crippen LogP contribution is -2.26. The average molecular weight is 277 g/mol. The quantitative estimate of drug-likeness (QED) is 0.440. The zero-order chi connectivity index (χ0) is 13.6. The number of aromatic nitrogens is 6. The molecule has 0 spiro atoms. The van der Waals surface area contributed by atoms with Crippen molar-refractivity contribution in [3.63, 3.8) is 0 Å². The minimum Gasteiger partial charge on any atom is -0.369 e. The van der Waals surface area contributed by atoms with E-state index >= 15 is 0 Å². The number of nitrogens with two attached hydrogens (primary N) is 1. The number of imidazole rings is 1. The standard InChI is InChI=1S/C9H7N7O2S/c10-8-14-5-4(12-2-13-5)7(19)16(8)3-1-11-9(18)15-6(3)17/h1-2H,(H2,10,14)(H,12,13)(H2,11,15,17,18). The molecule has 10 heteroatoms. The van der Waals surface area contributed by atoms with Gasteiger partial charge in [0.2, 0.25) is 5.95 Å². The summed E-state index contributed by atoms with van der Waals surface area (Å²) in [6, 6.07) is 0. The van der Waals surface area contributed by atoms with Crippen LogP contribution in [0.15, 0.2) is 22.1 Å². The third-order valence-electron chi connectivity index (χ3n) is 2.53. The molecule has 0 atom stereocenters. The van der Waals surface area contributed by atoms with Crippen LogP contribution in [0.5, 0.6) is 0 Å². The van der Waals surface area contributed by atoms with Crippen LogP contribution in [-0.2, 0) is 0 Å². The fraction of sp³-hybridized carbons (Fsp3) is 0. The third kappa shape index (κ3) is 1.65. The van der Waals surface area contributed by atoms with Gasteiger partial charge >= 0.3 is 5.69 Å². The summed E-state index contributed by atoms with van der Waals surface area (Å²) in [6.45, 7) is 0. The first-order chi connectivity index (χ1) is 9.08. The second kappa shape index (κ2) is 3.88. The Hall–Kier alpha value is -2.75. The number of nitrogen functional groups attached to an aromatic ring is 1. The molecule has 19 heavy (non-hydrogen) atoms. The van der Waals surface area contributed by atoms with Crippen LogP contribution in [0.3, 0.4) is 0 Å². The van der Waals surface area contributed by atoms with Crippen LogP contribution in [0.4, 0.5) is 5.95 Å². The Labute approximate surface area is 109 Å². The number of nitrogens with zero attached hydrogens (tertiary/aromatic N) is 3. The van der Waals surface area contributed by atoms with E-state index in [0.717, 1.165) is 0 Å². The molecule has 0 aliphatic heterocycles. The first-order valence-corrected chi connectivity index (χ1v) is 5.53. The number of hydrogen-bond acceptors (Lipinski definition) is 6. The number of H-pyrrole nitrogens is 3. The Morgan fingerprint density at radius 2 is 2.11 bits per heavy atom. The second-order valence-corrected chi connectivity index (χ2v) is 4.06. The van der Waals surface area contributed by atoms with Crippen LogP contribution in [0.2, 0.25) is 0 Å². The van der Waals surface area contributed by atoms with Gasteiger partial charge in [0.1, 0.15) is 15.8 Å². The smallest absolute Gasteiger partial charge is 0.325 e. The predicted molar refractivity (Wildman–Crippen MR) is 69.7 cm³/mol. The van der Waals surface area contributed by atoms with Crippen LogP contribution < -0.4 is 17.0 Å². The maximum Gasteiger partial charge on any atom is 0.325 e. The van der Waals surface area contributed by atoms with Crippen molar-refractivity contribution in [3.8, 4) is 5.69 Å². The van der Waals surface area contributed by atoms with Crippen LogP contribution in [-0.4, -0.2) is 29.5 Å². The van der Waals surface area contributed by atoms with Crippen LogP contribution in [0.1, 0.15) is 0 Å². The van der Waals surface area contributed by atoms with E-state index in [4.69, 9.17) is 18.0 Å². The summed E-state index contributed by atoms with van der Waals surface area (Å²) in [5.74, 6) is 0.00199. The fourth-order valence-electron chi connectivity index (χ4n) is 1.71. The van der Waals surface area contributed by atoms with Gasteiger partial charge in [-0.1, -0.05) is 12.2 Å². The van der Waals surface area contributed by atoms with E-state index in [9.17, 15) is 9.59 Å². The summed E-state index contributed by atoms with van der Waals surface area (Å²) in [5.41, 5.74) is 5.45. The average Bonchev–Trinajstić information content (AvgIpc) is 2.80. The van der Waals surface area contributed by atoms with Gasteiger partial charge in [-0.15, -0.1) is 0 Å². The van der Waals surface area contributed by atoms with Gasteiger partial charge in [0.25, 0.3) is 5.56 Å². The summed E-state index contributed by atoms with van der Waals surface area (Å²) in [7, 11) is 0. The molecular weight excluding hydrogens is 270 g/mol. The van der Waals surface area contributed by atoms with E-state index in [-0.39, 0.29) is 16.3 Å². The number of aromatic amines is 3. The lowest BCUT2D eigenvalue weighted by molar-refractivity contribution is 0.928. The minimum atomic E-state index is -0.618. The summed E-state index contributed by atoms with van der Waals surface area (Å²) < 4.78 is 1.50. The van der Waals surface area contributed by atoms with Crippen molar-refractivity contribution >= 4 is 29.3 Å². The van der Waals surface area contributed by atoms with E-state index in [1.54, 1.807) is 0 Å². The van der Waals surface area contributed by atoms with Gasteiger partial charge in [-0.3, -0.25) is 14.3 Å². The van der Waals surface area contributed by atoms with E-state index in [2.05, 4.69) is 24.9 Å². The highest BCUT2D eigenvalue weighted by Gasteiger charge is 2.12. The van der Waals surface area contributed by atoms with Gasteiger partial charge in [-0.2, -0.15) is 4.98 Å². The highest BCUT2D eigenvalue weighted by molar-refractivity contribution is 7.71. The Bertz CT molecular complexity index is 947. The molecule has 96 valence electrons. The minimum absolute atomic E-state index is 0.00199. The van der Waals surface area contributed by atoms with Crippen LogP contribution in [0.25, 0.3) is 16.9 Å². The summed E-state index contributed by atoms with van der Waals surface area (Å²) in [5, 5.41) is 0. The maximum absolute atomic E-state index is 11.8. The SMILES string of the molecule is Nc1nc2nc[nH]c2c(=S)n1-c1c[nH]c(=O)[nH]c1=O. The molecule has 5 N–H and O–H groups in total. The predicted octanol–water partition coefficient (Wildman–Crippen LogP) is -0.563. The highest BCUT2D eigenvalue weighted by Crippen LogP contribution is 2.15. The molecule has 0 unspecified atom stereocenters. The highest BCUT2D eigenvalue weighted by atomic mass is 32.1. The molecule has 0 aromatic carbocycles. The molecule has 0 saturated heterocycles. The van der Waals surface area contributed by atoms with Crippen molar-refractivity contribution in [2.24, 2.45) is 0 Å². The van der Waals surface area contributed by atoms with Gasteiger partial charge in [-0.05, 0) is 0 Å². The number of rotatable bonds is 1. The van der Waals surface area contributed by atoms with Gasteiger partial charge in [-0.25, -0.2) is 9.78 Å². The fourth-order valence-corrected chi connectivity index (χ4v) is 2.05. The first kappa shape index (κ1) is 11.3. The van der Waals surface area contributed by atoms with E-state index in [1.165, 1.54) is 17.1 Å². The van der Waals surface area contributed by atoms with Crippen LogP contribution >= 0.6 is 12.2 Å². The molecule has 0 bridgehead atoms. The molecule has 0 amide bonds. The first-order valence-electron chi connectivity index (χ1n) is 5.12. The van der Waals surface area contributed by atoms with E-state index in [0.29, 0.717) is 11.2 Å². The largest absolute Gasteiger partial charge is 0.369 e. The van der Waals surface area contributed by atoms with Crippen molar-refractivity contribution in [3.05, 3.63) is 38.0 Å². The number of hydrogen-bond donors (Lipinski definition) is 4. The van der Waals surface area contributed by atoms with Gasteiger partial charge in [0.05, 0.1) is 6.33 Å². The molecule has 3 rings (SSSR count). The van der Waals surface area contributed by atoms with Crippen molar-refractivity contribution < 1.29 is 0 Å². The molecule has 3 heterocycles. The molecular formula is C9H7N7O2S. The molecule has 0 aliphatic rings. The molecule has 3 aromatic heterocycles. The Kier molecular flexibility index (Phi) is 2.32. The molecule has 0 aliphatic carbocycles. The lowest BCUT2D eigenvalue weighted by Gasteiger charge is -2.08. The normalized spacial score (nSPS) is 10.9. The zero-order valence-electron chi connectivity index (χ0n) is 9.30. The van der Waals surface area contributed by atoms with Gasteiger partial charge in [0.15, 0.2) is 5.65 Å². The van der Waals surface area contributed by atoms with Crippen molar-refractivity contribution in [1.29, 1.82) is 0 Å². The molecule has 3 aromatic rings. The van der Waals surface area contributed by atoms with E-state index in [1.807, 2.05) is 0 Å². The number of nitrogens with one attached hydrogen (secondary N) is 3. The monoisotopic (exact) mass is 277 g/mol. The molecule has 0 radical (unpaired) electrons. The van der Waals surface area contributed by atoms with E-state index < -0.39 is 11.2 Å². The van der Waals surface area contributed by atoms with Gasteiger partial charge < -0.3 is 15.7 Å². The topological polar surface area (TPSA) is 138 Å². The summed E-state index contributed by atoms with van der Waals surface area (Å²) in [6.07, 6.45) is 2.64. The van der Waals surface area contributed by atoms with Crippen LogP contribution in [0, 0.1) is 4.64 Å². The maximum atomic E-state index is 11.8. The third-order valence-corrected chi connectivity index (χ3v) is 2.91. The Morgan fingerprint density at radius 1 is 1.32 bits per heavy atom. The van der Waals surface area contributed by atoms with Gasteiger partial charge in [0, 0.05) is 6.20 Å².